The second-order valence-corrected chi connectivity index (χ2v) is 7.15. The van der Waals surface area contributed by atoms with Crippen molar-refractivity contribution in [3.63, 3.8) is 0 Å². The van der Waals surface area contributed by atoms with Gasteiger partial charge in [0.15, 0.2) is 11.4 Å². The first-order valence-electron chi connectivity index (χ1n) is 9.23. The van der Waals surface area contributed by atoms with Gasteiger partial charge in [0.25, 0.3) is 11.8 Å². The fourth-order valence-electron chi connectivity index (χ4n) is 3.68. The van der Waals surface area contributed by atoms with Crippen molar-refractivity contribution in [1.82, 2.24) is 14.8 Å². The van der Waals surface area contributed by atoms with Crippen molar-refractivity contribution in [2.75, 3.05) is 13.1 Å². The van der Waals surface area contributed by atoms with Crippen LogP contribution in [0.3, 0.4) is 0 Å². The molecule has 0 fully saturated rings. The summed E-state index contributed by atoms with van der Waals surface area (Å²) in [6, 6.07) is -0.175. The van der Waals surface area contributed by atoms with Gasteiger partial charge in [-0.3, -0.25) is 14.4 Å². The summed E-state index contributed by atoms with van der Waals surface area (Å²) in [6.45, 7) is -0.569. The molecule has 2 aliphatic heterocycles. The van der Waals surface area contributed by atoms with Gasteiger partial charge in [0.2, 0.25) is 5.43 Å². The lowest BCUT2D eigenvalue weighted by molar-refractivity contribution is 0.0677. The van der Waals surface area contributed by atoms with Crippen molar-refractivity contribution in [2.45, 2.75) is 19.0 Å². The molecule has 0 aliphatic carbocycles. The van der Waals surface area contributed by atoms with E-state index in [0.29, 0.717) is 12.1 Å². The number of nitrogens with zero attached hydrogens (tertiary/aromatic N) is 2. The average Bonchev–Trinajstić information content (AvgIpc) is 2.87. The van der Waals surface area contributed by atoms with Gasteiger partial charge in [-0.15, -0.1) is 0 Å². The van der Waals surface area contributed by atoms with E-state index >= 15 is 0 Å². The lowest BCUT2D eigenvalue weighted by Gasteiger charge is -2.34. The fraction of sp³-hybridized carbons (Fsp3) is 0.250. The van der Waals surface area contributed by atoms with Crippen LogP contribution >= 0.6 is 0 Å². The Balaban J connectivity index is 1.71. The topological polar surface area (TPSA) is 91.6 Å². The highest BCUT2D eigenvalue weighted by Gasteiger charge is 2.38. The van der Waals surface area contributed by atoms with E-state index in [1.54, 1.807) is 0 Å². The number of nitrogens with one attached hydrogen (secondary N) is 1. The molecular weight excluding hydrogens is 422 g/mol. The lowest BCUT2D eigenvalue weighted by Crippen LogP contribution is -2.44. The molecule has 2 aliphatic rings. The van der Waals surface area contributed by atoms with E-state index < -0.39 is 75.7 Å². The Morgan fingerprint density at radius 1 is 1.16 bits per heavy atom. The minimum Gasteiger partial charge on any atom is -0.503 e. The number of fused-ring (bicyclic) bond motifs is 4. The van der Waals surface area contributed by atoms with Crippen LogP contribution in [0, 0.1) is 17.5 Å². The smallest absolute Gasteiger partial charge is 0.274 e. The van der Waals surface area contributed by atoms with Crippen LogP contribution in [0.15, 0.2) is 35.0 Å². The van der Waals surface area contributed by atoms with Crippen LogP contribution in [0.2, 0.25) is 0 Å². The van der Waals surface area contributed by atoms with Gasteiger partial charge in [-0.1, -0.05) is 0 Å². The molecule has 1 aromatic carbocycles. The fourth-order valence-corrected chi connectivity index (χ4v) is 3.68. The molecule has 2 amide bonds. The summed E-state index contributed by atoms with van der Waals surface area (Å²) >= 11 is 0. The number of carbonyl (C=O) groups is 2. The zero-order chi connectivity index (χ0) is 22.4. The Morgan fingerprint density at radius 3 is 2.52 bits per heavy atom. The number of benzene rings is 1. The van der Waals surface area contributed by atoms with Crippen molar-refractivity contribution >= 4 is 11.8 Å². The maximum Gasteiger partial charge on any atom is 0.274 e. The summed E-state index contributed by atoms with van der Waals surface area (Å²) in [5.41, 5.74) is -2.93. The first kappa shape index (κ1) is 20.6. The van der Waals surface area contributed by atoms with E-state index in [0.717, 1.165) is 10.8 Å². The number of halogens is 4. The number of hydrogen-bond acceptors (Lipinski definition) is 4. The molecule has 1 atom stereocenters. The van der Waals surface area contributed by atoms with Crippen LogP contribution in [0.5, 0.6) is 5.75 Å². The summed E-state index contributed by atoms with van der Waals surface area (Å²) < 4.78 is 56.1. The van der Waals surface area contributed by atoms with Gasteiger partial charge in [0.05, 0.1) is 0 Å². The summed E-state index contributed by atoms with van der Waals surface area (Å²) in [4.78, 5) is 38.9. The third kappa shape index (κ3) is 3.45. The Morgan fingerprint density at radius 2 is 1.84 bits per heavy atom. The van der Waals surface area contributed by atoms with E-state index in [1.807, 2.05) is 0 Å². The van der Waals surface area contributed by atoms with Crippen LogP contribution in [0.1, 0.15) is 38.9 Å². The summed E-state index contributed by atoms with van der Waals surface area (Å²) in [5, 5.41) is 12.4. The van der Waals surface area contributed by atoms with Crippen molar-refractivity contribution in [1.29, 1.82) is 0 Å². The lowest BCUT2D eigenvalue weighted by atomic mass is 10.1. The molecule has 1 aromatic heterocycles. The molecule has 0 unspecified atom stereocenters. The molecule has 2 N–H and O–H groups in total. The Labute approximate surface area is 172 Å². The number of pyridine rings is 1. The predicted molar refractivity (Wildman–Crippen MR) is 98.6 cm³/mol. The van der Waals surface area contributed by atoms with Gasteiger partial charge in [-0.25, -0.2) is 17.6 Å². The molecule has 0 saturated carbocycles. The number of carbonyl (C=O) groups excluding carboxylic acids is 2. The molecule has 7 nitrogen and oxygen atoms in total. The van der Waals surface area contributed by atoms with Crippen molar-refractivity contribution in [2.24, 2.45) is 0 Å². The van der Waals surface area contributed by atoms with E-state index in [-0.39, 0.29) is 19.5 Å². The van der Waals surface area contributed by atoms with Gasteiger partial charge >= 0.3 is 0 Å². The van der Waals surface area contributed by atoms with Crippen LogP contribution in [0.4, 0.5) is 17.6 Å². The second-order valence-electron chi connectivity index (χ2n) is 7.15. The van der Waals surface area contributed by atoms with Crippen molar-refractivity contribution in [3.8, 4) is 5.75 Å². The summed E-state index contributed by atoms with van der Waals surface area (Å²) in [6.07, 6.45) is 2.46. The maximum absolute atomic E-state index is 14.5. The Hall–Kier alpha value is -3.63. The molecule has 3 heterocycles. The third-order valence-corrected chi connectivity index (χ3v) is 5.26. The number of amides is 2. The minimum atomic E-state index is -1.24. The van der Waals surface area contributed by atoms with Crippen molar-refractivity contribution in [3.05, 3.63) is 74.7 Å². The monoisotopic (exact) mass is 437 g/mol. The second kappa shape index (κ2) is 7.56. The van der Waals surface area contributed by atoms with Crippen molar-refractivity contribution < 1.29 is 32.3 Å². The Kier molecular flexibility index (Phi) is 5.03. The van der Waals surface area contributed by atoms with Gasteiger partial charge in [-0.05, 0) is 12.5 Å². The summed E-state index contributed by atoms with van der Waals surface area (Å²) in [5.74, 6) is -7.04. The summed E-state index contributed by atoms with van der Waals surface area (Å²) in [7, 11) is 0. The van der Waals surface area contributed by atoms with Gasteiger partial charge in [-0.2, -0.15) is 0 Å². The average molecular weight is 437 g/mol. The van der Waals surface area contributed by atoms with Crippen LogP contribution in [-0.2, 0) is 6.54 Å². The standard InChI is InChI=1S/C20H15F4N3O4/c21-9-4-13(23)10(14(24)5-9)6-25-19(30)11-7-27-15-8-26(3-1-2-12(15)22)20(31)16(27)18(29)17(11)28/h2,4-5,7,15,29H,1,3,6,8H2,(H,25,30)/t15-/m0/s1. The molecule has 0 radical (unpaired) electrons. The molecule has 31 heavy (non-hydrogen) atoms. The molecule has 0 saturated heterocycles. The molecule has 2 aromatic rings. The SMILES string of the molecule is O=C(NCc1c(F)cc(F)cc1F)c1cn2c(c(O)c1=O)C(=O)N1CCC=C(F)[C@@H]2C1. The van der Waals surface area contributed by atoms with E-state index in [9.17, 15) is 37.1 Å². The molecule has 162 valence electrons. The highest BCUT2D eigenvalue weighted by molar-refractivity contribution is 5.99. The quantitative estimate of drug-likeness (QED) is 0.720. The number of aromatic nitrogens is 1. The number of rotatable bonds is 3. The van der Waals surface area contributed by atoms with Crippen LogP contribution in [-0.4, -0.2) is 39.5 Å². The molecule has 11 heteroatoms. The third-order valence-electron chi connectivity index (χ3n) is 5.26. The molecular formula is C20H15F4N3O4. The highest BCUT2D eigenvalue weighted by atomic mass is 19.1. The largest absolute Gasteiger partial charge is 0.503 e. The highest BCUT2D eigenvalue weighted by Crippen LogP contribution is 2.33. The van der Waals surface area contributed by atoms with Gasteiger partial charge in [0.1, 0.15) is 34.9 Å². The zero-order valence-corrected chi connectivity index (χ0v) is 15.8. The van der Waals surface area contributed by atoms with Crippen LogP contribution < -0.4 is 10.7 Å². The molecule has 2 bridgehead atoms. The number of aromatic hydroxyl groups is 1. The van der Waals surface area contributed by atoms with Gasteiger partial charge in [0, 0.05) is 43.5 Å². The molecule has 0 spiro atoms. The van der Waals surface area contributed by atoms with Crippen LogP contribution in [0.25, 0.3) is 0 Å². The van der Waals surface area contributed by atoms with E-state index in [2.05, 4.69) is 5.32 Å². The van der Waals surface area contributed by atoms with Gasteiger partial charge < -0.3 is 19.9 Å². The first-order chi connectivity index (χ1) is 14.7. The predicted octanol–water partition coefficient (Wildman–Crippen LogP) is 2.16. The number of hydrogen-bond donors (Lipinski definition) is 2. The zero-order valence-electron chi connectivity index (χ0n) is 15.8. The normalized spacial score (nSPS) is 17.7. The van der Waals surface area contributed by atoms with E-state index in [4.69, 9.17) is 0 Å². The minimum absolute atomic E-state index is 0.0520. The maximum atomic E-state index is 14.5. The first-order valence-corrected chi connectivity index (χ1v) is 9.23. The molecule has 4 rings (SSSR count). The Bertz CT molecular complexity index is 1180. The van der Waals surface area contributed by atoms with E-state index in [1.165, 1.54) is 11.0 Å².